The van der Waals surface area contributed by atoms with E-state index in [-0.39, 0.29) is 25.0 Å². The first kappa shape index (κ1) is 10.8. The van der Waals surface area contributed by atoms with Crippen LogP contribution in [0.1, 0.15) is 0 Å². The fourth-order valence-corrected chi connectivity index (χ4v) is 2.09. The topological polar surface area (TPSA) is 79.9 Å². The highest BCUT2D eigenvalue weighted by Crippen LogP contribution is 2.11. The zero-order valence-corrected chi connectivity index (χ0v) is 8.38. The smallest absolute Gasteiger partial charge is 0.242 e. The van der Waals surface area contributed by atoms with Crippen LogP contribution in [0, 0.1) is 22.7 Å². The number of rotatable bonds is 3. The second-order valence-corrected chi connectivity index (χ2v) is 3.81. The molecule has 0 spiro atoms. The average molecular weight is 210 g/mol. The first-order valence-corrected chi connectivity index (χ1v) is 5.29. The van der Waals surface area contributed by atoms with Crippen LogP contribution >= 0.6 is 11.8 Å². The highest BCUT2D eigenvalue weighted by molar-refractivity contribution is 7.99. The van der Waals surface area contributed by atoms with E-state index in [1.165, 1.54) is 4.90 Å². The summed E-state index contributed by atoms with van der Waals surface area (Å²) in [6.07, 6.45) is 0. The summed E-state index contributed by atoms with van der Waals surface area (Å²) in [5, 5.41) is 20.0. The van der Waals surface area contributed by atoms with Crippen LogP contribution in [0.15, 0.2) is 0 Å². The van der Waals surface area contributed by atoms with Gasteiger partial charge in [0.05, 0.1) is 18.2 Å². The number of hydrogen-bond acceptors (Lipinski definition) is 5. The maximum atomic E-state index is 11.7. The van der Waals surface area contributed by atoms with Gasteiger partial charge in [-0.15, -0.1) is 11.8 Å². The highest BCUT2D eigenvalue weighted by atomic mass is 32.2. The number of thioether (sulfide) groups is 1. The van der Waals surface area contributed by atoms with Gasteiger partial charge in [0.25, 0.3) is 0 Å². The summed E-state index contributed by atoms with van der Waals surface area (Å²) < 4.78 is 0. The van der Waals surface area contributed by atoms with E-state index < -0.39 is 0 Å². The van der Waals surface area contributed by atoms with Crippen molar-refractivity contribution in [2.24, 2.45) is 0 Å². The van der Waals surface area contributed by atoms with Gasteiger partial charge in [0.2, 0.25) is 5.91 Å². The van der Waals surface area contributed by atoms with E-state index >= 15 is 0 Å². The van der Waals surface area contributed by atoms with Gasteiger partial charge in [0, 0.05) is 11.6 Å². The molecule has 1 heterocycles. The lowest BCUT2D eigenvalue weighted by molar-refractivity contribution is -0.131. The lowest BCUT2D eigenvalue weighted by atomic mass is 10.3. The van der Waals surface area contributed by atoms with Crippen LogP contribution < -0.4 is 5.32 Å². The zero-order valence-electron chi connectivity index (χ0n) is 7.56. The minimum Gasteiger partial charge on any atom is -0.315 e. The maximum Gasteiger partial charge on any atom is 0.242 e. The van der Waals surface area contributed by atoms with E-state index in [0.29, 0.717) is 5.75 Å². The first-order chi connectivity index (χ1) is 6.79. The molecule has 14 heavy (non-hydrogen) atoms. The molecular weight excluding hydrogens is 200 g/mol. The molecule has 1 atom stereocenters. The molecule has 1 unspecified atom stereocenters. The van der Waals surface area contributed by atoms with Crippen molar-refractivity contribution in [3.8, 4) is 12.1 Å². The predicted molar refractivity (Wildman–Crippen MR) is 52.1 cm³/mol. The van der Waals surface area contributed by atoms with Crippen LogP contribution in [0.25, 0.3) is 0 Å². The average Bonchev–Trinajstić information content (AvgIpc) is 2.69. The molecule has 0 aromatic carbocycles. The summed E-state index contributed by atoms with van der Waals surface area (Å²) >= 11 is 1.64. The Morgan fingerprint density at radius 1 is 1.50 bits per heavy atom. The van der Waals surface area contributed by atoms with E-state index in [2.05, 4.69) is 5.32 Å². The number of amides is 1. The molecule has 0 radical (unpaired) electrons. The summed E-state index contributed by atoms with van der Waals surface area (Å²) in [5.74, 6) is 1.31. The first-order valence-electron chi connectivity index (χ1n) is 4.13. The number of nitrogens with zero attached hydrogens (tertiary/aromatic N) is 3. The maximum absolute atomic E-state index is 11.7. The molecule has 1 rings (SSSR count). The van der Waals surface area contributed by atoms with Gasteiger partial charge in [0.1, 0.15) is 13.1 Å². The van der Waals surface area contributed by atoms with Crippen molar-refractivity contribution >= 4 is 17.7 Å². The van der Waals surface area contributed by atoms with Crippen molar-refractivity contribution in [1.29, 1.82) is 10.5 Å². The van der Waals surface area contributed by atoms with Gasteiger partial charge in [-0.2, -0.15) is 10.5 Å². The van der Waals surface area contributed by atoms with Crippen LogP contribution in [-0.4, -0.2) is 41.6 Å². The molecular formula is C8H10N4OS. The van der Waals surface area contributed by atoms with Crippen molar-refractivity contribution in [2.75, 3.05) is 24.7 Å². The lowest BCUT2D eigenvalue weighted by Crippen LogP contribution is -2.45. The molecule has 5 nitrogen and oxygen atoms in total. The SMILES string of the molecule is N#CCN(CC#N)C(=O)C1CSCN1. The zero-order chi connectivity index (χ0) is 10.4. The number of carbonyl (C=O) groups excluding carboxylic acids is 1. The Balaban J connectivity index is 2.54. The molecule has 0 aromatic heterocycles. The molecule has 0 saturated carbocycles. The number of hydrogen-bond donors (Lipinski definition) is 1. The Labute approximate surface area is 86.7 Å². The quantitative estimate of drug-likeness (QED) is 0.637. The summed E-state index contributed by atoms with van der Waals surface area (Å²) in [7, 11) is 0. The molecule has 74 valence electrons. The van der Waals surface area contributed by atoms with E-state index in [4.69, 9.17) is 10.5 Å². The molecule has 1 fully saturated rings. The van der Waals surface area contributed by atoms with Crippen LogP contribution in [0.3, 0.4) is 0 Å². The molecule has 1 N–H and O–H groups in total. The minimum absolute atomic E-state index is 0.0186. The Kier molecular flexibility index (Phi) is 4.24. The van der Waals surface area contributed by atoms with Crippen molar-refractivity contribution in [2.45, 2.75) is 6.04 Å². The van der Waals surface area contributed by atoms with Crippen molar-refractivity contribution in [3.05, 3.63) is 0 Å². The molecule has 1 aliphatic rings. The van der Waals surface area contributed by atoms with Crippen molar-refractivity contribution in [3.63, 3.8) is 0 Å². The van der Waals surface area contributed by atoms with Gasteiger partial charge in [-0.1, -0.05) is 0 Å². The number of carbonyl (C=O) groups is 1. The Hall–Kier alpha value is -1.24. The Morgan fingerprint density at radius 2 is 2.14 bits per heavy atom. The third kappa shape index (κ3) is 2.63. The molecule has 1 amide bonds. The third-order valence-electron chi connectivity index (χ3n) is 1.85. The molecule has 6 heteroatoms. The summed E-state index contributed by atoms with van der Waals surface area (Å²) in [5.41, 5.74) is 0. The Morgan fingerprint density at radius 3 is 2.57 bits per heavy atom. The van der Waals surface area contributed by atoms with Crippen LogP contribution in [-0.2, 0) is 4.79 Å². The third-order valence-corrected chi connectivity index (χ3v) is 2.79. The predicted octanol–water partition coefficient (Wildman–Crippen LogP) is -0.475. The molecule has 1 aliphatic heterocycles. The van der Waals surface area contributed by atoms with Crippen LogP contribution in [0.4, 0.5) is 0 Å². The van der Waals surface area contributed by atoms with Crippen molar-refractivity contribution in [1.82, 2.24) is 10.2 Å². The van der Waals surface area contributed by atoms with E-state index in [1.807, 2.05) is 12.1 Å². The van der Waals surface area contributed by atoms with Crippen LogP contribution in [0.5, 0.6) is 0 Å². The molecule has 0 aliphatic carbocycles. The van der Waals surface area contributed by atoms with Gasteiger partial charge in [0.15, 0.2) is 0 Å². The molecule has 0 bridgehead atoms. The summed E-state index contributed by atoms with van der Waals surface area (Å²) in [4.78, 5) is 12.9. The van der Waals surface area contributed by atoms with E-state index in [0.717, 1.165) is 5.88 Å². The molecule has 0 aromatic rings. The fraction of sp³-hybridized carbons (Fsp3) is 0.625. The number of nitrogens with one attached hydrogen (secondary N) is 1. The minimum atomic E-state index is -0.235. The number of nitriles is 2. The van der Waals surface area contributed by atoms with Crippen molar-refractivity contribution < 1.29 is 4.79 Å². The molecule has 1 saturated heterocycles. The summed E-state index contributed by atoms with van der Waals surface area (Å²) in [6, 6.07) is 3.52. The van der Waals surface area contributed by atoms with E-state index in [9.17, 15) is 4.79 Å². The van der Waals surface area contributed by atoms with E-state index in [1.54, 1.807) is 11.8 Å². The second-order valence-electron chi connectivity index (χ2n) is 2.78. The summed E-state index contributed by atoms with van der Waals surface area (Å²) in [6.45, 7) is -0.0372. The highest BCUT2D eigenvalue weighted by Gasteiger charge is 2.26. The second kappa shape index (κ2) is 5.48. The van der Waals surface area contributed by atoms with Gasteiger partial charge in [-0.05, 0) is 0 Å². The fourth-order valence-electron chi connectivity index (χ4n) is 1.16. The van der Waals surface area contributed by atoms with Gasteiger partial charge in [-0.25, -0.2) is 0 Å². The van der Waals surface area contributed by atoms with Crippen LogP contribution in [0.2, 0.25) is 0 Å². The van der Waals surface area contributed by atoms with Gasteiger partial charge < -0.3 is 4.90 Å². The van der Waals surface area contributed by atoms with Gasteiger partial charge in [-0.3, -0.25) is 10.1 Å². The normalized spacial score (nSPS) is 19.7. The lowest BCUT2D eigenvalue weighted by Gasteiger charge is -2.19. The Bertz CT molecular complexity index is 271. The standard InChI is InChI=1S/C8H10N4OS/c9-1-3-12(4-2-10)8(13)7-5-14-6-11-7/h7,11H,3-6H2. The largest absolute Gasteiger partial charge is 0.315 e. The van der Waals surface area contributed by atoms with Gasteiger partial charge >= 0.3 is 0 Å². The monoisotopic (exact) mass is 210 g/mol.